The third-order valence-electron chi connectivity index (χ3n) is 6.67. The lowest BCUT2D eigenvalue weighted by Crippen LogP contribution is -2.29. The highest BCUT2D eigenvalue weighted by molar-refractivity contribution is 6.08. The minimum Gasteiger partial charge on any atom is -0.383 e. The number of nitrogen functional groups attached to an aromatic ring is 1. The third-order valence-corrected chi connectivity index (χ3v) is 6.67. The van der Waals surface area contributed by atoms with Crippen molar-refractivity contribution in [3.8, 4) is 22.4 Å². The van der Waals surface area contributed by atoms with Crippen LogP contribution in [0, 0.1) is 0 Å². The number of hydrogen-bond donors (Lipinski definition) is 2. The van der Waals surface area contributed by atoms with Crippen molar-refractivity contribution < 1.29 is 14.4 Å². The molecule has 0 bridgehead atoms. The minimum absolute atomic E-state index is 0.0707. The number of rotatable bonds is 6. The standard InChI is InChI=1S/C28H27N7O3/c1-16(2)27(37)32-20-11-9-19(10-12-20)24-22(23-25(29)30-15-31-26(23)34(24)4)18-7-5-17(6-8-18)13-35-14-21(36)33(3)28(35)38/h5-12,15H,1,13-14H2,2-4H3,(H,32,37)(H2,29,30,31). The Labute approximate surface area is 219 Å². The average Bonchev–Trinajstić information content (AvgIpc) is 3.33. The average molecular weight is 510 g/mol. The smallest absolute Gasteiger partial charge is 0.327 e. The normalized spacial score (nSPS) is 13.4. The zero-order chi connectivity index (χ0) is 27.1. The summed E-state index contributed by atoms with van der Waals surface area (Å²) >= 11 is 0. The molecular weight excluding hydrogens is 482 g/mol. The monoisotopic (exact) mass is 509 g/mol. The maximum Gasteiger partial charge on any atom is 0.327 e. The molecule has 0 saturated carbocycles. The summed E-state index contributed by atoms with van der Waals surface area (Å²) < 4.78 is 1.97. The fourth-order valence-electron chi connectivity index (χ4n) is 4.62. The molecule has 3 N–H and O–H groups in total. The van der Waals surface area contributed by atoms with E-state index in [1.54, 1.807) is 6.92 Å². The van der Waals surface area contributed by atoms with Crippen LogP contribution in [0.1, 0.15) is 12.5 Å². The number of fused-ring (bicyclic) bond motifs is 1. The number of anilines is 2. The van der Waals surface area contributed by atoms with Gasteiger partial charge in [0.05, 0.1) is 11.1 Å². The fraction of sp³-hybridized carbons (Fsp3) is 0.179. The molecule has 0 radical (unpaired) electrons. The summed E-state index contributed by atoms with van der Waals surface area (Å²) in [5.41, 5.74) is 12.6. The van der Waals surface area contributed by atoms with Crippen LogP contribution in [0.5, 0.6) is 0 Å². The van der Waals surface area contributed by atoms with Crippen LogP contribution >= 0.6 is 0 Å². The molecule has 1 fully saturated rings. The van der Waals surface area contributed by atoms with Crippen LogP contribution in [0.2, 0.25) is 0 Å². The first kappa shape index (κ1) is 24.7. The number of urea groups is 1. The summed E-state index contributed by atoms with van der Waals surface area (Å²) in [6, 6.07) is 15.0. The van der Waals surface area contributed by atoms with Crippen molar-refractivity contribution >= 4 is 40.4 Å². The fourth-order valence-corrected chi connectivity index (χ4v) is 4.62. The van der Waals surface area contributed by atoms with Gasteiger partial charge in [0.1, 0.15) is 24.3 Å². The molecule has 10 nitrogen and oxygen atoms in total. The highest BCUT2D eigenvalue weighted by atomic mass is 16.2. The second kappa shape index (κ2) is 9.47. The molecule has 38 heavy (non-hydrogen) atoms. The van der Waals surface area contributed by atoms with E-state index in [0.717, 1.165) is 38.2 Å². The minimum atomic E-state index is -0.303. The van der Waals surface area contributed by atoms with Crippen molar-refractivity contribution in [2.45, 2.75) is 13.5 Å². The number of benzene rings is 2. The quantitative estimate of drug-likeness (QED) is 0.301. The second-order valence-electron chi connectivity index (χ2n) is 9.34. The number of hydrogen-bond acceptors (Lipinski definition) is 6. The van der Waals surface area contributed by atoms with Crippen molar-refractivity contribution in [2.24, 2.45) is 7.05 Å². The molecule has 4 aromatic rings. The SMILES string of the molecule is C=C(C)C(=O)Nc1ccc(-c2c(-c3ccc(CN4CC(=O)N(C)C4=O)cc3)c3c(N)ncnc3n2C)cc1. The third kappa shape index (κ3) is 4.26. The second-order valence-corrected chi connectivity index (χ2v) is 9.34. The van der Waals surface area contributed by atoms with Gasteiger partial charge in [-0.25, -0.2) is 14.8 Å². The van der Waals surface area contributed by atoms with E-state index < -0.39 is 0 Å². The number of likely N-dealkylation sites (N-methyl/N-ethyl adjacent to an activating group) is 1. The van der Waals surface area contributed by atoms with Crippen LogP contribution < -0.4 is 11.1 Å². The van der Waals surface area contributed by atoms with Crippen molar-refractivity contribution in [3.63, 3.8) is 0 Å². The molecule has 5 rings (SSSR count). The van der Waals surface area contributed by atoms with E-state index in [4.69, 9.17) is 5.73 Å². The molecule has 192 valence electrons. The summed E-state index contributed by atoms with van der Waals surface area (Å²) in [6.07, 6.45) is 1.44. The van der Waals surface area contributed by atoms with Gasteiger partial charge in [-0.3, -0.25) is 14.5 Å². The molecule has 2 aromatic carbocycles. The Hall–Kier alpha value is -4.99. The molecule has 1 aliphatic rings. The van der Waals surface area contributed by atoms with Gasteiger partial charge in [0, 0.05) is 37.5 Å². The predicted octanol–water partition coefficient (Wildman–Crippen LogP) is 3.79. The summed E-state index contributed by atoms with van der Waals surface area (Å²) in [7, 11) is 3.41. The molecule has 2 aromatic heterocycles. The first-order valence-electron chi connectivity index (χ1n) is 12.0. The largest absolute Gasteiger partial charge is 0.383 e. The van der Waals surface area contributed by atoms with Crippen molar-refractivity contribution in [1.29, 1.82) is 0 Å². The molecule has 0 unspecified atom stereocenters. The van der Waals surface area contributed by atoms with Crippen LogP contribution in [0.25, 0.3) is 33.4 Å². The Balaban J connectivity index is 1.54. The van der Waals surface area contributed by atoms with Crippen molar-refractivity contribution in [1.82, 2.24) is 24.3 Å². The van der Waals surface area contributed by atoms with E-state index in [9.17, 15) is 14.4 Å². The Bertz CT molecular complexity index is 1600. The van der Waals surface area contributed by atoms with Crippen LogP contribution in [0.15, 0.2) is 67.0 Å². The molecular formula is C28H27N7O3. The maximum atomic E-state index is 12.3. The van der Waals surface area contributed by atoms with Crippen LogP contribution in [0.3, 0.4) is 0 Å². The summed E-state index contributed by atoms with van der Waals surface area (Å²) in [5, 5.41) is 3.56. The molecule has 1 saturated heterocycles. The van der Waals surface area contributed by atoms with Crippen LogP contribution in [0.4, 0.5) is 16.3 Å². The predicted molar refractivity (Wildman–Crippen MR) is 146 cm³/mol. The summed E-state index contributed by atoms with van der Waals surface area (Å²) in [4.78, 5) is 47.5. The van der Waals surface area contributed by atoms with E-state index in [1.807, 2.05) is 60.1 Å². The van der Waals surface area contributed by atoms with E-state index >= 15 is 0 Å². The van der Waals surface area contributed by atoms with E-state index in [-0.39, 0.29) is 24.4 Å². The highest BCUT2D eigenvalue weighted by Gasteiger charge is 2.32. The zero-order valence-corrected chi connectivity index (χ0v) is 21.4. The Morgan fingerprint density at radius 1 is 1.03 bits per heavy atom. The van der Waals surface area contributed by atoms with Gasteiger partial charge < -0.3 is 20.5 Å². The van der Waals surface area contributed by atoms with Crippen molar-refractivity contribution in [3.05, 3.63) is 72.6 Å². The number of carbonyl (C=O) groups is 3. The van der Waals surface area contributed by atoms with E-state index in [0.29, 0.717) is 29.3 Å². The van der Waals surface area contributed by atoms with Gasteiger partial charge in [-0.1, -0.05) is 43.0 Å². The number of aryl methyl sites for hydroxylation is 1. The lowest BCUT2D eigenvalue weighted by Gasteiger charge is -2.15. The van der Waals surface area contributed by atoms with Crippen molar-refractivity contribution in [2.75, 3.05) is 24.6 Å². The van der Waals surface area contributed by atoms with Gasteiger partial charge in [-0.05, 0) is 35.7 Å². The van der Waals surface area contributed by atoms with E-state index in [2.05, 4.69) is 21.9 Å². The number of nitrogens with one attached hydrogen (secondary N) is 1. The first-order valence-corrected chi connectivity index (χ1v) is 12.0. The lowest BCUT2D eigenvalue weighted by molar-refractivity contribution is -0.124. The van der Waals surface area contributed by atoms with Gasteiger partial charge in [0.25, 0.3) is 5.91 Å². The number of amides is 4. The number of aromatic nitrogens is 3. The molecule has 10 heteroatoms. The topological polar surface area (TPSA) is 126 Å². The molecule has 0 aliphatic carbocycles. The summed E-state index contributed by atoms with van der Waals surface area (Å²) in [6.45, 7) is 5.73. The van der Waals surface area contributed by atoms with Gasteiger partial charge in [0.2, 0.25) is 5.91 Å². The number of nitrogens with zero attached hydrogens (tertiary/aromatic N) is 5. The Morgan fingerprint density at radius 3 is 2.29 bits per heavy atom. The number of nitrogens with two attached hydrogens (primary N) is 1. The molecule has 3 heterocycles. The van der Waals surface area contributed by atoms with Gasteiger partial charge >= 0.3 is 6.03 Å². The molecule has 4 amide bonds. The van der Waals surface area contributed by atoms with Gasteiger partial charge in [-0.2, -0.15) is 0 Å². The van der Waals surface area contributed by atoms with E-state index in [1.165, 1.54) is 18.3 Å². The summed E-state index contributed by atoms with van der Waals surface area (Å²) in [5.74, 6) is -0.0870. The molecule has 0 spiro atoms. The Morgan fingerprint density at radius 2 is 1.68 bits per heavy atom. The lowest BCUT2D eigenvalue weighted by atomic mass is 9.97. The molecule has 0 atom stereocenters. The number of carbonyl (C=O) groups excluding carboxylic acids is 3. The number of imide groups is 1. The van der Waals surface area contributed by atoms with Crippen LogP contribution in [-0.4, -0.2) is 55.8 Å². The molecule has 1 aliphatic heterocycles. The zero-order valence-electron chi connectivity index (χ0n) is 21.4. The van der Waals surface area contributed by atoms with Gasteiger partial charge in [0.15, 0.2) is 0 Å². The highest BCUT2D eigenvalue weighted by Crippen LogP contribution is 2.41. The first-order chi connectivity index (χ1) is 18.2. The maximum absolute atomic E-state index is 12.3. The van der Waals surface area contributed by atoms with Crippen LogP contribution in [-0.2, 0) is 23.2 Å². The Kier molecular flexibility index (Phi) is 6.15. The van der Waals surface area contributed by atoms with Gasteiger partial charge in [-0.15, -0.1) is 0 Å².